The fourth-order valence-corrected chi connectivity index (χ4v) is 3.39. The van der Waals surface area contributed by atoms with E-state index in [1.165, 1.54) is 12.8 Å². The van der Waals surface area contributed by atoms with Gasteiger partial charge in [0.25, 0.3) is 5.91 Å². The molecule has 0 aromatic carbocycles. The molecule has 1 aromatic heterocycles. The maximum atomic E-state index is 12.4. The number of aromatic nitrogens is 1. The maximum Gasteiger partial charge on any atom is 0.255 e. The minimum Gasteiger partial charge on any atom is -0.377 e. The Kier molecular flexibility index (Phi) is 5.46. The summed E-state index contributed by atoms with van der Waals surface area (Å²) in [4.78, 5) is 19.1. The van der Waals surface area contributed by atoms with Gasteiger partial charge in [0.1, 0.15) is 5.82 Å². The zero-order valence-corrected chi connectivity index (χ0v) is 13.8. The van der Waals surface area contributed by atoms with Crippen LogP contribution in [0.1, 0.15) is 36.0 Å². The first-order valence-corrected chi connectivity index (χ1v) is 8.54. The van der Waals surface area contributed by atoms with E-state index >= 15 is 0 Å². The number of nitrogens with zero attached hydrogens (tertiary/aromatic N) is 2. The van der Waals surface area contributed by atoms with Crippen LogP contribution in [0.3, 0.4) is 0 Å². The van der Waals surface area contributed by atoms with E-state index in [2.05, 4.69) is 20.5 Å². The molecular formula is C17H26N4O2. The smallest absolute Gasteiger partial charge is 0.255 e. The lowest BCUT2D eigenvalue weighted by Gasteiger charge is -2.33. The average molecular weight is 318 g/mol. The molecule has 2 aliphatic heterocycles. The Hall–Kier alpha value is -1.66. The predicted octanol–water partition coefficient (Wildman–Crippen LogP) is 1.50. The molecule has 6 heteroatoms. The molecular weight excluding hydrogens is 292 g/mol. The van der Waals surface area contributed by atoms with Crippen LogP contribution in [0.2, 0.25) is 0 Å². The number of ether oxygens (including phenoxy) is 1. The molecule has 2 N–H and O–H groups in total. The molecule has 3 heterocycles. The summed E-state index contributed by atoms with van der Waals surface area (Å²) in [7, 11) is 1.78. The highest BCUT2D eigenvalue weighted by Crippen LogP contribution is 2.18. The van der Waals surface area contributed by atoms with E-state index in [4.69, 9.17) is 4.74 Å². The number of hydrogen-bond donors (Lipinski definition) is 2. The minimum absolute atomic E-state index is 0.0416. The van der Waals surface area contributed by atoms with Crippen LogP contribution >= 0.6 is 0 Å². The van der Waals surface area contributed by atoms with Gasteiger partial charge in [-0.15, -0.1) is 0 Å². The van der Waals surface area contributed by atoms with Gasteiger partial charge in [0, 0.05) is 45.5 Å². The van der Waals surface area contributed by atoms with Crippen molar-refractivity contribution in [3.63, 3.8) is 0 Å². The van der Waals surface area contributed by atoms with E-state index in [9.17, 15) is 4.79 Å². The summed E-state index contributed by atoms with van der Waals surface area (Å²) in [6, 6.07) is 3.84. The predicted molar refractivity (Wildman–Crippen MR) is 89.7 cm³/mol. The van der Waals surface area contributed by atoms with Crippen LogP contribution in [0.5, 0.6) is 0 Å². The molecule has 3 rings (SSSR count). The Morgan fingerprint density at radius 1 is 1.39 bits per heavy atom. The van der Waals surface area contributed by atoms with Crippen molar-refractivity contribution in [1.29, 1.82) is 0 Å². The van der Waals surface area contributed by atoms with E-state index in [-0.39, 0.29) is 11.9 Å². The van der Waals surface area contributed by atoms with Gasteiger partial charge in [0.05, 0.1) is 11.7 Å². The van der Waals surface area contributed by atoms with Crippen LogP contribution in [0, 0.1) is 0 Å². The molecule has 0 radical (unpaired) electrons. The number of rotatable bonds is 5. The molecule has 0 spiro atoms. The highest BCUT2D eigenvalue weighted by molar-refractivity contribution is 5.98. The van der Waals surface area contributed by atoms with E-state index in [1.807, 2.05) is 0 Å². The third-order valence-electron chi connectivity index (χ3n) is 4.70. The summed E-state index contributed by atoms with van der Waals surface area (Å²) >= 11 is 0. The van der Waals surface area contributed by atoms with Gasteiger partial charge >= 0.3 is 0 Å². The first-order valence-electron chi connectivity index (χ1n) is 8.54. The summed E-state index contributed by atoms with van der Waals surface area (Å²) in [6.07, 6.45) is 6.46. The molecule has 6 nitrogen and oxygen atoms in total. The lowest BCUT2D eigenvalue weighted by Crippen LogP contribution is -2.46. The Morgan fingerprint density at radius 3 is 2.91 bits per heavy atom. The molecule has 2 aliphatic rings. The number of amides is 1. The quantitative estimate of drug-likeness (QED) is 0.861. The highest BCUT2D eigenvalue weighted by atomic mass is 16.5. The number of hydrogen-bond acceptors (Lipinski definition) is 5. The van der Waals surface area contributed by atoms with Gasteiger partial charge in [-0.1, -0.05) is 0 Å². The van der Waals surface area contributed by atoms with Gasteiger partial charge in [0.15, 0.2) is 0 Å². The maximum absolute atomic E-state index is 12.4. The van der Waals surface area contributed by atoms with Crippen molar-refractivity contribution in [2.45, 2.75) is 37.8 Å². The molecule has 0 bridgehead atoms. The van der Waals surface area contributed by atoms with Crippen LogP contribution in [-0.4, -0.2) is 61.2 Å². The van der Waals surface area contributed by atoms with Gasteiger partial charge in [-0.2, -0.15) is 0 Å². The van der Waals surface area contributed by atoms with Crippen molar-refractivity contribution >= 4 is 11.7 Å². The van der Waals surface area contributed by atoms with Crippen LogP contribution in [-0.2, 0) is 4.74 Å². The molecule has 1 atom stereocenters. The molecule has 1 unspecified atom stereocenters. The molecule has 23 heavy (non-hydrogen) atoms. The molecule has 126 valence electrons. The second-order valence-corrected chi connectivity index (χ2v) is 6.33. The summed E-state index contributed by atoms with van der Waals surface area (Å²) in [5.74, 6) is 0.584. The number of carbonyl (C=O) groups is 1. The van der Waals surface area contributed by atoms with Gasteiger partial charge in [-0.05, 0) is 37.8 Å². The Morgan fingerprint density at radius 2 is 2.22 bits per heavy atom. The van der Waals surface area contributed by atoms with Crippen LogP contribution < -0.4 is 10.6 Å². The zero-order valence-electron chi connectivity index (χ0n) is 13.8. The Balaban J connectivity index is 1.47. The first-order chi connectivity index (χ1) is 11.3. The molecule has 2 fully saturated rings. The second kappa shape index (κ2) is 7.75. The summed E-state index contributed by atoms with van der Waals surface area (Å²) in [5.41, 5.74) is 0.608. The van der Waals surface area contributed by atoms with Crippen LogP contribution in [0.25, 0.3) is 0 Å². The van der Waals surface area contributed by atoms with Gasteiger partial charge < -0.3 is 20.3 Å². The molecule has 1 amide bonds. The fraction of sp³-hybridized carbons (Fsp3) is 0.647. The van der Waals surface area contributed by atoms with Gasteiger partial charge in [-0.25, -0.2) is 4.98 Å². The summed E-state index contributed by atoms with van der Waals surface area (Å²) in [5, 5.41) is 6.11. The van der Waals surface area contributed by atoms with E-state index < -0.39 is 0 Å². The van der Waals surface area contributed by atoms with Crippen molar-refractivity contribution < 1.29 is 9.53 Å². The number of likely N-dealkylation sites (tertiary alicyclic amines) is 1. The summed E-state index contributed by atoms with van der Waals surface area (Å²) < 4.78 is 5.71. The SMILES string of the molecule is CNc1ncccc1C(=O)NC1CCN(CC2CCCO2)CC1. The van der Waals surface area contributed by atoms with Gasteiger partial charge in [0.2, 0.25) is 0 Å². The standard InChI is InChI=1S/C17H26N4O2/c1-18-16-15(5-2-8-19-16)17(22)20-13-6-9-21(10-7-13)12-14-4-3-11-23-14/h2,5,8,13-14H,3-4,6-7,9-12H2,1H3,(H,18,19)(H,20,22). The first kappa shape index (κ1) is 16.2. The minimum atomic E-state index is -0.0416. The lowest BCUT2D eigenvalue weighted by atomic mass is 10.0. The van der Waals surface area contributed by atoms with Gasteiger partial charge in [-0.3, -0.25) is 4.79 Å². The van der Waals surface area contributed by atoms with Crippen molar-refractivity contribution in [3.05, 3.63) is 23.9 Å². The number of carbonyl (C=O) groups excluding carboxylic acids is 1. The van der Waals surface area contributed by atoms with Crippen molar-refractivity contribution in [2.75, 3.05) is 38.6 Å². The Bertz CT molecular complexity index is 523. The normalized spacial score (nSPS) is 22.9. The molecule has 1 aromatic rings. The Labute approximate surface area is 137 Å². The van der Waals surface area contributed by atoms with E-state index in [1.54, 1.807) is 25.4 Å². The molecule has 2 saturated heterocycles. The second-order valence-electron chi connectivity index (χ2n) is 6.33. The third-order valence-corrected chi connectivity index (χ3v) is 4.70. The number of anilines is 1. The van der Waals surface area contributed by atoms with E-state index in [0.717, 1.165) is 39.1 Å². The largest absolute Gasteiger partial charge is 0.377 e. The topological polar surface area (TPSA) is 66.5 Å². The van der Waals surface area contributed by atoms with Crippen molar-refractivity contribution in [1.82, 2.24) is 15.2 Å². The van der Waals surface area contributed by atoms with Crippen molar-refractivity contribution in [3.8, 4) is 0 Å². The fourth-order valence-electron chi connectivity index (χ4n) is 3.39. The summed E-state index contributed by atoms with van der Waals surface area (Å²) in [6.45, 7) is 4.00. The van der Waals surface area contributed by atoms with Crippen LogP contribution in [0.4, 0.5) is 5.82 Å². The average Bonchev–Trinajstić information content (AvgIpc) is 3.09. The number of piperidine rings is 1. The molecule has 0 aliphatic carbocycles. The molecule has 0 saturated carbocycles. The van der Waals surface area contributed by atoms with Crippen LogP contribution in [0.15, 0.2) is 18.3 Å². The zero-order chi connectivity index (χ0) is 16.1. The lowest BCUT2D eigenvalue weighted by molar-refractivity contribution is 0.0613. The van der Waals surface area contributed by atoms with E-state index in [0.29, 0.717) is 17.5 Å². The highest BCUT2D eigenvalue weighted by Gasteiger charge is 2.25. The number of nitrogens with one attached hydrogen (secondary N) is 2. The number of pyridine rings is 1. The van der Waals surface area contributed by atoms with Crippen molar-refractivity contribution in [2.24, 2.45) is 0 Å². The monoisotopic (exact) mass is 318 g/mol. The third kappa shape index (κ3) is 4.20.